The van der Waals surface area contributed by atoms with Crippen LogP contribution in [0.15, 0.2) is 12.3 Å². The van der Waals surface area contributed by atoms with E-state index in [1.165, 1.54) is 6.07 Å². The van der Waals surface area contributed by atoms with Crippen LogP contribution in [0.1, 0.15) is 12.5 Å². The summed E-state index contributed by atoms with van der Waals surface area (Å²) in [5.41, 5.74) is 0.763. The third-order valence-electron chi connectivity index (χ3n) is 1.94. The first-order chi connectivity index (χ1) is 7.65. The molecule has 1 aromatic heterocycles. The molecule has 0 saturated heterocycles. The quantitative estimate of drug-likeness (QED) is 0.453. The summed E-state index contributed by atoms with van der Waals surface area (Å²) in [6.07, 6.45) is 1.59. The third-order valence-corrected chi connectivity index (χ3v) is 1.94. The highest BCUT2D eigenvalue weighted by molar-refractivity contribution is 5.56. The Kier molecular flexibility index (Phi) is 4.65. The molecule has 0 atom stereocenters. The van der Waals surface area contributed by atoms with Crippen molar-refractivity contribution >= 4 is 11.5 Å². The zero-order valence-electron chi connectivity index (χ0n) is 9.40. The lowest BCUT2D eigenvalue weighted by molar-refractivity contribution is -0.384. The number of ether oxygens (including phenoxy) is 1. The molecule has 0 fully saturated rings. The minimum atomic E-state index is -0.441. The lowest BCUT2D eigenvalue weighted by atomic mass is 10.3. The Morgan fingerprint density at radius 1 is 1.62 bits per heavy atom. The van der Waals surface area contributed by atoms with Crippen molar-refractivity contribution in [3.63, 3.8) is 0 Å². The fourth-order valence-electron chi connectivity index (χ4n) is 1.22. The van der Waals surface area contributed by atoms with E-state index in [9.17, 15) is 10.1 Å². The van der Waals surface area contributed by atoms with Gasteiger partial charge in [0.25, 0.3) is 0 Å². The normalized spacial score (nSPS) is 10.1. The Morgan fingerprint density at radius 3 is 3.00 bits per heavy atom. The molecule has 0 aliphatic heterocycles. The van der Waals surface area contributed by atoms with Crippen LogP contribution in [0.25, 0.3) is 0 Å². The Hall–Kier alpha value is -1.69. The second kappa shape index (κ2) is 6.02. The number of anilines is 1. The molecule has 6 nitrogen and oxygen atoms in total. The van der Waals surface area contributed by atoms with Crippen molar-refractivity contribution in [3.8, 4) is 0 Å². The molecule has 0 saturated carbocycles. The molecule has 0 aliphatic rings. The maximum Gasteiger partial charge on any atom is 0.311 e. The Bertz CT molecular complexity index is 368. The van der Waals surface area contributed by atoms with Crippen LogP contribution in [-0.2, 0) is 4.74 Å². The smallest absolute Gasteiger partial charge is 0.311 e. The fourth-order valence-corrected chi connectivity index (χ4v) is 1.22. The van der Waals surface area contributed by atoms with Gasteiger partial charge in [0.1, 0.15) is 0 Å². The van der Waals surface area contributed by atoms with Gasteiger partial charge < -0.3 is 10.1 Å². The van der Waals surface area contributed by atoms with E-state index in [0.29, 0.717) is 19.8 Å². The molecular formula is C10H15N3O3. The highest BCUT2D eigenvalue weighted by Gasteiger charge is 2.14. The van der Waals surface area contributed by atoms with Gasteiger partial charge in [0.15, 0.2) is 0 Å². The van der Waals surface area contributed by atoms with Gasteiger partial charge in [0, 0.05) is 25.4 Å². The van der Waals surface area contributed by atoms with Gasteiger partial charge in [0.05, 0.1) is 11.5 Å². The monoisotopic (exact) mass is 225 g/mol. The number of pyridine rings is 1. The maximum absolute atomic E-state index is 10.8. The Balaban J connectivity index is 2.67. The number of hydrogen-bond acceptors (Lipinski definition) is 5. The van der Waals surface area contributed by atoms with Crippen LogP contribution in [-0.4, -0.2) is 29.7 Å². The molecule has 0 aromatic carbocycles. The van der Waals surface area contributed by atoms with E-state index in [1.807, 2.05) is 6.92 Å². The van der Waals surface area contributed by atoms with Crippen molar-refractivity contribution in [2.24, 2.45) is 0 Å². The second-order valence-electron chi connectivity index (χ2n) is 3.26. The van der Waals surface area contributed by atoms with Gasteiger partial charge in [-0.3, -0.25) is 10.1 Å². The average Bonchev–Trinajstić information content (AvgIpc) is 2.26. The number of hydrogen-bond donors (Lipinski definition) is 1. The summed E-state index contributed by atoms with van der Waals surface area (Å²) in [5, 5.41) is 13.6. The van der Waals surface area contributed by atoms with Gasteiger partial charge in [-0.15, -0.1) is 0 Å². The van der Waals surface area contributed by atoms with Gasteiger partial charge in [-0.25, -0.2) is 4.98 Å². The minimum Gasteiger partial charge on any atom is -0.380 e. The number of nitrogens with one attached hydrogen (secondary N) is 1. The summed E-state index contributed by atoms with van der Waals surface area (Å²) in [5.74, 6) is 0.287. The van der Waals surface area contributed by atoms with Gasteiger partial charge >= 0.3 is 5.69 Å². The van der Waals surface area contributed by atoms with E-state index in [-0.39, 0.29) is 11.5 Å². The molecule has 6 heteroatoms. The van der Waals surface area contributed by atoms with Crippen LogP contribution in [0.4, 0.5) is 11.5 Å². The van der Waals surface area contributed by atoms with Gasteiger partial charge in [0.2, 0.25) is 5.82 Å². The number of aryl methyl sites for hydroxylation is 1. The molecule has 1 heterocycles. The average molecular weight is 225 g/mol. The Morgan fingerprint density at radius 2 is 2.38 bits per heavy atom. The van der Waals surface area contributed by atoms with Crippen LogP contribution in [0.5, 0.6) is 0 Å². The summed E-state index contributed by atoms with van der Waals surface area (Å²) in [6, 6.07) is 1.50. The molecule has 0 bridgehead atoms. The third kappa shape index (κ3) is 3.47. The lowest BCUT2D eigenvalue weighted by Crippen LogP contribution is -2.11. The SMILES string of the molecule is CCOCCNc1ncc(C)cc1[N+](=O)[O-]. The van der Waals surface area contributed by atoms with Crippen LogP contribution in [0.3, 0.4) is 0 Å². The van der Waals surface area contributed by atoms with Gasteiger partial charge in [-0.1, -0.05) is 0 Å². The molecule has 1 aromatic rings. The molecule has 0 radical (unpaired) electrons. The summed E-state index contributed by atoms with van der Waals surface area (Å²) in [4.78, 5) is 14.3. The molecular weight excluding hydrogens is 210 g/mol. The van der Waals surface area contributed by atoms with Crippen LogP contribution in [0.2, 0.25) is 0 Å². The first-order valence-corrected chi connectivity index (χ1v) is 5.07. The highest BCUT2D eigenvalue weighted by atomic mass is 16.6. The van der Waals surface area contributed by atoms with E-state index < -0.39 is 4.92 Å². The van der Waals surface area contributed by atoms with Gasteiger partial charge in [-0.05, 0) is 19.4 Å². The molecule has 0 unspecified atom stereocenters. The fraction of sp³-hybridized carbons (Fsp3) is 0.500. The highest BCUT2D eigenvalue weighted by Crippen LogP contribution is 2.21. The largest absolute Gasteiger partial charge is 0.380 e. The minimum absolute atomic E-state index is 0.00324. The van der Waals surface area contributed by atoms with Crippen LogP contribution < -0.4 is 5.32 Å². The first kappa shape index (κ1) is 12.4. The summed E-state index contributed by atoms with van der Waals surface area (Å²) in [7, 11) is 0. The van der Waals surface area contributed by atoms with E-state index >= 15 is 0 Å². The Labute approximate surface area is 93.8 Å². The van der Waals surface area contributed by atoms with Crippen molar-refractivity contribution in [1.82, 2.24) is 4.98 Å². The van der Waals surface area contributed by atoms with E-state index in [2.05, 4.69) is 10.3 Å². The number of nitrogens with zero attached hydrogens (tertiary/aromatic N) is 2. The topological polar surface area (TPSA) is 77.3 Å². The molecule has 0 spiro atoms. The van der Waals surface area contributed by atoms with Crippen LogP contribution in [0, 0.1) is 17.0 Å². The van der Waals surface area contributed by atoms with E-state index in [1.54, 1.807) is 13.1 Å². The van der Waals surface area contributed by atoms with Crippen molar-refractivity contribution in [2.45, 2.75) is 13.8 Å². The predicted molar refractivity (Wildman–Crippen MR) is 60.6 cm³/mol. The molecule has 1 rings (SSSR count). The van der Waals surface area contributed by atoms with Gasteiger partial charge in [-0.2, -0.15) is 0 Å². The van der Waals surface area contributed by atoms with Crippen molar-refractivity contribution in [1.29, 1.82) is 0 Å². The molecule has 0 amide bonds. The van der Waals surface area contributed by atoms with Crippen molar-refractivity contribution < 1.29 is 9.66 Å². The predicted octanol–water partition coefficient (Wildman–Crippen LogP) is 1.75. The summed E-state index contributed by atoms with van der Waals surface area (Å²) < 4.78 is 5.12. The zero-order valence-corrected chi connectivity index (χ0v) is 9.40. The number of aromatic nitrogens is 1. The molecule has 88 valence electrons. The summed E-state index contributed by atoms with van der Waals surface area (Å²) >= 11 is 0. The first-order valence-electron chi connectivity index (χ1n) is 5.07. The maximum atomic E-state index is 10.8. The number of rotatable bonds is 6. The van der Waals surface area contributed by atoms with E-state index in [0.717, 1.165) is 5.56 Å². The molecule has 1 N–H and O–H groups in total. The standard InChI is InChI=1S/C10H15N3O3/c1-3-16-5-4-11-10-9(13(14)15)6-8(2)7-12-10/h6-7H,3-5H2,1-2H3,(H,11,12). The van der Waals surface area contributed by atoms with Crippen molar-refractivity contribution in [2.75, 3.05) is 25.1 Å². The van der Waals surface area contributed by atoms with Crippen molar-refractivity contribution in [3.05, 3.63) is 27.9 Å². The van der Waals surface area contributed by atoms with Crippen LogP contribution >= 0.6 is 0 Å². The number of nitro groups is 1. The summed E-state index contributed by atoms with van der Waals surface area (Å²) in [6.45, 7) is 5.30. The molecule has 16 heavy (non-hydrogen) atoms. The zero-order chi connectivity index (χ0) is 12.0. The second-order valence-corrected chi connectivity index (χ2v) is 3.26. The van der Waals surface area contributed by atoms with E-state index in [4.69, 9.17) is 4.74 Å². The molecule has 0 aliphatic carbocycles. The lowest BCUT2D eigenvalue weighted by Gasteiger charge is -2.06.